The maximum Gasteiger partial charge on any atom is 0.274 e. The first-order valence-electron chi connectivity index (χ1n) is 11.3. The minimum absolute atomic E-state index is 0.109. The Balaban J connectivity index is 1.23. The maximum absolute atomic E-state index is 13.9. The van der Waals surface area contributed by atoms with E-state index in [2.05, 4.69) is 42.3 Å². The summed E-state index contributed by atoms with van der Waals surface area (Å²) in [4.78, 5) is 23.6. The van der Waals surface area contributed by atoms with Crippen LogP contribution in [0.3, 0.4) is 0 Å². The van der Waals surface area contributed by atoms with Gasteiger partial charge in [0.2, 0.25) is 5.91 Å². The van der Waals surface area contributed by atoms with E-state index in [0.29, 0.717) is 17.7 Å². The molecule has 8 nitrogen and oxygen atoms in total. The number of rotatable bonds is 3. The normalized spacial score (nSPS) is 35.1. The SMILES string of the molecule is Cc1nnn(C23C[C@@H]4C[C@@H](CC(C(=O)N5CCN(c6cccc[nH+]6)CC5)(C4)C2)C3)n1. The molecule has 158 valence electrons. The van der Waals surface area contributed by atoms with E-state index in [1.54, 1.807) is 0 Å². The van der Waals surface area contributed by atoms with Crippen molar-refractivity contribution in [1.82, 2.24) is 25.1 Å². The summed E-state index contributed by atoms with van der Waals surface area (Å²) in [5, 5.41) is 13.1. The number of hydrogen-bond acceptors (Lipinski definition) is 5. The van der Waals surface area contributed by atoms with Crippen molar-refractivity contribution in [3.05, 3.63) is 30.2 Å². The Morgan fingerprint density at radius 2 is 1.87 bits per heavy atom. The summed E-state index contributed by atoms with van der Waals surface area (Å²) in [6.07, 6.45) is 8.41. The molecule has 3 heterocycles. The first-order valence-corrected chi connectivity index (χ1v) is 11.3. The Morgan fingerprint density at radius 3 is 2.50 bits per heavy atom. The molecule has 4 atom stereocenters. The second kappa shape index (κ2) is 6.49. The molecule has 0 radical (unpaired) electrons. The van der Waals surface area contributed by atoms with Gasteiger partial charge in [-0.3, -0.25) is 9.69 Å². The lowest BCUT2D eigenvalue weighted by Crippen LogP contribution is -2.63. The lowest BCUT2D eigenvalue weighted by Gasteiger charge is -2.61. The highest BCUT2D eigenvalue weighted by atomic mass is 16.2. The number of aromatic amines is 1. The van der Waals surface area contributed by atoms with Gasteiger partial charge in [0.1, 0.15) is 13.1 Å². The summed E-state index contributed by atoms with van der Waals surface area (Å²) >= 11 is 0. The topological polar surface area (TPSA) is 81.3 Å². The van der Waals surface area contributed by atoms with E-state index in [4.69, 9.17) is 0 Å². The van der Waals surface area contributed by atoms with Crippen molar-refractivity contribution in [2.45, 2.75) is 51.0 Å². The number of pyridine rings is 1. The number of amides is 1. The van der Waals surface area contributed by atoms with Gasteiger partial charge in [-0.25, -0.2) is 4.98 Å². The van der Waals surface area contributed by atoms with Crippen LogP contribution in [0.4, 0.5) is 5.82 Å². The third-order valence-corrected chi connectivity index (χ3v) is 8.02. The van der Waals surface area contributed by atoms with Gasteiger partial charge in [-0.1, -0.05) is 6.07 Å². The van der Waals surface area contributed by atoms with Crippen molar-refractivity contribution in [2.75, 3.05) is 31.1 Å². The van der Waals surface area contributed by atoms with E-state index < -0.39 is 0 Å². The van der Waals surface area contributed by atoms with Gasteiger partial charge >= 0.3 is 0 Å². The quantitative estimate of drug-likeness (QED) is 0.768. The molecular formula is C22H30N7O+. The molecular weight excluding hydrogens is 378 g/mol. The van der Waals surface area contributed by atoms with Crippen LogP contribution in [0, 0.1) is 24.2 Å². The average Bonchev–Trinajstić information content (AvgIpc) is 3.20. The van der Waals surface area contributed by atoms with Gasteiger partial charge in [-0.2, -0.15) is 4.80 Å². The Bertz CT molecular complexity index is 935. The van der Waals surface area contributed by atoms with Crippen LogP contribution in [0.2, 0.25) is 0 Å². The van der Waals surface area contributed by atoms with Gasteiger partial charge in [0.25, 0.3) is 5.82 Å². The first kappa shape index (κ1) is 18.3. The Labute approximate surface area is 176 Å². The molecule has 4 aliphatic carbocycles. The number of nitrogens with zero attached hydrogens (tertiary/aromatic N) is 6. The number of anilines is 1. The molecule has 1 saturated heterocycles. The zero-order valence-corrected chi connectivity index (χ0v) is 17.6. The van der Waals surface area contributed by atoms with Gasteiger partial charge in [-0.15, -0.1) is 10.2 Å². The third-order valence-electron chi connectivity index (χ3n) is 8.02. The largest absolute Gasteiger partial charge is 0.334 e. The summed E-state index contributed by atoms with van der Waals surface area (Å²) in [6, 6.07) is 6.16. The first-order chi connectivity index (χ1) is 14.6. The molecule has 1 N–H and O–H groups in total. The predicted molar refractivity (Wildman–Crippen MR) is 109 cm³/mol. The zero-order chi connectivity index (χ0) is 20.3. The summed E-state index contributed by atoms with van der Waals surface area (Å²) in [5.41, 5.74) is -0.339. The molecule has 2 unspecified atom stereocenters. The molecule has 4 bridgehead atoms. The van der Waals surface area contributed by atoms with E-state index in [0.717, 1.165) is 69.9 Å². The summed E-state index contributed by atoms with van der Waals surface area (Å²) in [5.74, 6) is 3.46. The smallest absolute Gasteiger partial charge is 0.274 e. The van der Waals surface area contributed by atoms with Crippen molar-refractivity contribution in [2.24, 2.45) is 17.3 Å². The maximum atomic E-state index is 13.9. The van der Waals surface area contributed by atoms with Crippen molar-refractivity contribution < 1.29 is 9.78 Å². The van der Waals surface area contributed by atoms with Crippen molar-refractivity contribution in [3.8, 4) is 0 Å². The molecule has 4 saturated carbocycles. The molecule has 0 aromatic carbocycles. The van der Waals surface area contributed by atoms with Crippen LogP contribution in [-0.2, 0) is 10.3 Å². The standard InChI is InChI=1S/C22H29N7O/c1-16-24-26-29(25-16)22-13-17-10-18(14-22)12-21(11-17,15-22)20(30)28-8-6-27(7-9-28)19-4-2-3-5-23-19/h2-5,17-18H,6-15H2,1H3/p+1/t17-,18+,21?,22?. The second-order valence-electron chi connectivity index (χ2n) is 10.1. The van der Waals surface area contributed by atoms with Crippen LogP contribution in [0.5, 0.6) is 0 Å². The minimum atomic E-state index is -0.230. The third kappa shape index (κ3) is 2.76. The average molecular weight is 409 g/mol. The number of tetrazole rings is 1. The van der Waals surface area contributed by atoms with Crippen LogP contribution >= 0.6 is 0 Å². The van der Waals surface area contributed by atoms with E-state index in [9.17, 15) is 4.79 Å². The lowest BCUT2D eigenvalue weighted by atomic mass is 9.46. The summed E-state index contributed by atoms with van der Waals surface area (Å²) < 4.78 is 0. The molecule has 7 rings (SSSR count). The van der Waals surface area contributed by atoms with Crippen molar-refractivity contribution >= 4 is 11.7 Å². The summed E-state index contributed by atoms with van der Waals surface area (Å²) in [6.45, 7) is 5.25. The number of carbonyl (C=O) groups is 1. The fourth-order valence-electron chi connectivity index (χ4n) is 7.25. The van der Waals surface area contributed by atoms with Gasteiger partial charge in [0, 0.05) is 6.07 Å². The minimum Gasteiger partial charge on any atom is -0.334 e. The van der Waals surface area contributed by atoms with Gasteiger partial charge in [0.15, 0.2) is 5.82 Å². The zero-order valence-electron chi connectivity index (χ0n) is 17.6. The van der Waals surface area contributed by atoms with Gasteiger partial charge < -0.3 is 4.90 Å². The van der Waals surface area contributed by atoms with E-state index in [-0.39, 0.29) is 11.0 Å². The highest BCUT2D eigenvalue weighted by molar-refractivity contribution is 5.83. The number of aryl methyl sites for hydroxylation is 1. The lowest BCUT2D eigenvalue weighted by molar-refractivity contribution is -0.364. The molecule has 0 spiro atoms. The van der Waals surface area contributed by atoms with Crippen LogP contribution in [0.15, 0.2) is 24.4 Å². The van der Waals surface area contributed by atoms with Crippen LogP contribution < -0.4 is 9.88 Å². The predicted octanol–water partition coefficient (Wildman–Crippen LogP) is 1.44. The fraction of sp³-hybridized carbons (Fsp3) is 0.682. The van der Waals surface area contributed by atoms with Gasteiger partial charge in [0.05, 0.1) is 30.2 Å². The molecule has 1 amide bonds. The highest BCUT2D eigenvalue weighted by Crippen LogP contribution is 2.64. The number of piperazine rings is 1. The number of carbonyl (C=O) groups excluding carboxylic acids is 1. The van der Waals surface area contributed by atoms with Crippen LogP contribution in [0.1, 0.15) is 44.3 Å². The Morgan fingerprint density at radius 1 is 1.10 bits per heavy atom. The fourth-order valence-corrected chi connectivity index (χ4v) is 7.25. The number of aromatic nitrogens is 5. The summed E-state index contributed by atoms with van der Waals surface area (Å²) in [7, 11) is 0. The van der Waals surface area contributed by atoms with Crippen LogP contribution in [-0.4, -0.2) is 57.2 Å². The van der Waals surface area contributed by atoms with E-state index in [1.807, 2.05) is 24.0 Å². The number of hydrogen-bond donors (Lipinski definition) is 0. The molecule has 1 aliphatic heterocycles. The van der Waals surface area contributed by atoms with E-state index in [1.165, 1.54) is 6.42 Å². The monoisotopic (exact) mass is 408 g/mol. The second-order valence-corrected chi connectivity index (χ2v) is 10.1. The molecule has 2 aromatic heterocycles. The van der Waals surface area contributed by atoms with E-state index >= 15 is 0 Å². The van der Waals surface area contributed by atoms with Crippen molar-refractivity contribution in [1.29, 1.82) is 0 Å². The van der Waals surface area contributed by atoms with Gasteiger partial charge in [-0.05, 0) is 68.6 Å². The Kier molecular flexibility index (Phi) is 3.95. The van der Waals surface area contributed by atoms with Crippen LogP contribution in [0.25, 0.3) is 0 Å². The molecule has 5 aliphatic rings. The molecule has 30 heavy (non-hydrogen) atoms. The molecule has 5 fully saturated rings. The Hall–Kier alpha value is -2.51. The molecule has 8 heteroatoms. The van der Waals surface area contributed by atoms with Crippen molar-refractivity contribution in [3.63, 3.8) is 0 Å². The number of H-pyrrole nitrogens is 1. The highest BCUT2D eigenvalue weighted by Gasteiger charge is 2.63. The number of nitrogens with one attached hydrogen (secondary N) is 1. The molecule has 2 aromatic rings.